The van der Waals surface area contributed by atoms with Gasteiger partial charge in [-0.3, -0.25) is 9.11 Å². The van der Waals surface area contributed by atoms with E-state index in [0.29, 0.717) is 37.7 Å². The number of hydrogen-bond acceptors (Lipinski definition) is 7. The molecule has 7 nitrogen and oxygen atoms in total. The number of rotatable bonds is 4. The maximum atomic E-state index is 10.7. The second-order valence-electron chi connectivity index (χ2n) is 8.66. The molecule has 0 aliphatic carbocycles. The zero-order chi connectivity index (χ0) is 21.6. The number of nitrogens with zero attached hydrogens (tertiary/aromatic N) is 2. The molecular formula is C23H28N4O3S. The zero-order valence-corrected chi connectivity index (χ0v) is 18.4. The number of anilines is 2. The van der Waals surface area contributed by atoms with Crippen LogP contribution >= 0.6 is 10.6 Å². The summed E-state index contributed by atoms with van der Waals surface area (Å²) in [4.78, 5) is 7.68. The summed E-state index contributed by atoms with van der Waals surface area (Å²) in [5.74, 6) is 1.09. The highest BCUT2D eigenvalue weighted by Crippen LogP contribution is 2.51. The lowest BCUT2D eigenvalue weighted by Crippen LogP contribution is -2.61. The molecular weight excluding hydrogens is 412 g/mol. The third kappa shape index (κ3) is 3.97. The Labute approximate surface area is 183 Å². The van der Waals surface area contributed by atoms with Crippen molar-refractivity contribution in [2.75, 3.05) is 42.3 Å². The van der Waals surface area contributed by atoms with Crippen molar-refractivity contribution in [3.63, 3.8) is 0 Å². The van der Waals surface area contributed by atoms with Crippen LogP contribution in [0.4, 0.5) is 11.5 Å². The SMILES string of the molecule is Cc1ccc2nc(N3CCS(O)(O)c4ccccc4C3)cc(NCC3(N)COC3)c2c1. The van der Waals surface area contributed by atoms with Crippen molar-refractivity contribution >= 4 is 33.0 Å². The first-order chi connectivity index (χ1) is 14.8. The Morgan fingerprint density at radius 3 is 2.77 bits per heavy atom. The molecule has 2 aliphatic rings. The number of nitrogens with one attached hydrogen (secondary N) is 1. The van der Waals surface area contributed by atoms with Crippen LogP contribution in [0.3, 0.4) is 0 Å². The second kappa shape index (κ2) is 7.65. The number of ether oxygens (including phenoxy) is 1. The summed E-state index contributed by atoms with van der Waals surface area (Å²) in [6, 6.07) is 15.8. The maximum absolute atomic E-state index is 10.7. The third-order valence-electron chi connectivity index (χ3n) is 6.02. The van der Waals surface area contributed by atoms with Crippen molar-refractivity contribution < 1.29 is 13.8 Å². The molecule has 0 spiro atoms. The molecule has 3 heterocycles. The summed E-state index contributed by atoms with van der Waals surface area (Å²) in [5, 5.41) is 4.57. The Morgan fingerprint density at radius 1 is 1.19 bits per heavy atom. The molecule has 2 aliphatic heterocycles. The van der Waals surface area contributed by atoms with Crippen molar-refractivity contribution in [1.29, 1.82) is 0 Å². The largest absolute Gasteiger partial charge is 0.382 e. The minimum absolute atomic E-state index is 0.281. The average molecular weight is 441 g/mol. The van der Waals surface area contributed by atoms with Gasteiger partial charge >= 0.3 is 0 Å². The van der Waals surface area contributed by atoms with Gasteiger partial charge in [0.15, 0.2) is 0 Å². The summed E-state index contributed by atoms with van der Waals surface area (Å²) in [5.41, 5.74) is 9.95. The van der Waals surface area contributed by atoms with Gasteiger partial charge in [-0.15, -0.1) is 0 Å². The van der Waals surface area contributed by atoms with Gasteiger partial charge in [-0.1, -0.05) is 29.8 Å². The average Bonchev–Trinajstić information content (AvgIpc) is 2.87. The Hall–Kier alpha value is -2.36. The van der Waals surface area contributed by atoms with E-state index >= 15 is 0 Å². The summed E-state index contributed by atoms with van der Waals surface area (Å²) in [6.07, 6.45) is 0. The topological polar surface area (TPSA) is 104 Å². The lowest BCUT2D eigenvalue weighted by molar-refractivity contribution is -0.0461. The number of aromatic nitrogens is 1. The lowest BCUT2D eigenvalue weighted by atomic mass is 9.99. The van der Waals surface area contributed by atoms with E-state index < -0.39 is 10.6 Å². The Kier molecular flexibility index (Phi) is 5.07. The van der Waals surface area contributed by atoms with Gasteiger partial charge in [0.1, 0.15) is 5.82 Å². The fourth-order valence-electron chi connectivity index (χ4n) is 4.15. The van der Waals surface area contributed by atoms with Gasteiger partial charge < -0.3 is 20.7 Å². The molecule has 2 aromatic carbocycles. The molecule has 1 saturated heterocycles. The molecule has 5 N–H and O–H groups in total. The highest BCUT2D eigenvalue weighted by molar-refractivity contribution is 8.24. The standard InChI is InChI=1S/C23H28N4O3S/c1-16-6-7-19-18(10-16)20(25-13-23(24)14-30-15-23)11-22(26-19)27-8-9-31(28,29)21-5-3-2-4-17(21)12-27/h2-7,10-11,28-29H,8-9,12-15,24H2,1H3,(H,25,26). The van der Waals surface area contributed by atoms with E-state index in [1.165, 1.54) is 0 Å². The highest BCUT2D eigenvalue weighted by Gasteiger charge is 2.34. The van der Waals surface area contributed by atoms with Crippen LogP contribution in [0.5, 0.6) is 0 Å². The van der Waals surface area contributed by atoms with Crippen molar-refractivity contribution in [3.05, 3.63) is 59.7 Å². The zero-order valence-electron chi connectivity index (χ0n) is 17.5. The van der Waals surface area contributed by atoms with E-state index in [4.69, 9.17) is 15.5 Å². The number of benzene rings is 2. The van der Waals surface area contributed by atoms with E-state index in [-0.39, 0.29) is 11.3 Å². The quantitative estimate of drug-likeness (QED) is 0.489. The van der Waals surface area contributed by atoms with E-state index in [9.17, 15) is 9.11 Å². The first kappa shape index (κ1) is 20.5. The number of aryl methyl sites for hydroxylation is 1. The first-order valence-corrected chi connectivity index (χ1v) is 12.2. The van der Waals surface area contributed by atoms with Crippen molar-refractivity contribution in [2.45, 2.75) is 23.9 Å². The Bertz CT molecular complexity index is 1130. The van der Waals surface area contributed by atoms with Crippen molar-refractivity contribution in [2.24, 2.45) is 5.73 Å². The van der Waals surface area contributed by atoms with Crippen LogP contribution in [-0.2, 0) is 11.3 Å². The number of pyridine rings is 1. The molecule has 1 aromatic heterocycles. The van der Waals surface area contributed by atoms with Crippen molar-refractivity contribution in [1.82, 2.24) is 4.98 Å². The summed E-state index contributed by atoms with van der Waals surface area (Å²) < 4.78 is 26.7. The predicted octanol–water partition coefficient (Wildman–Crippen LogP) is 3.81. The third-order valence-corrected chi connectivity index (χ3v) is 7.87. The minimum Gasteiger partial charge on any atom is -0.382 e. The van der Waals surface area contributed by atoms with E-state index in [1.54, 1.807) is 0 Å². The van der Waals surface area contributed by atoms with Crippen molar-refractivity contribution in [3.8, 4) is 0 Å². The molecule has 0 saturated carbocycles. The van der Waals surface area contributed by atoms with Crippen LogP contribution in [0.15, 0.2) is 53.4 Å². The van der Waals surface area contributed by atoms with Crippen LogP contribution in [0.2, 0.25) is 0 Å². The van der Waals surface area contributed by atoms with E-state index in [2.05, 4.69) is 29.3 Å². The van der Waals surface area contributed by atoms with Gasteiger partial charge in [0.2, 0.25) is 0 Å². The Morgan fingerprint density at radius 2 is 2.00 bits per heavy atom. The van der Waals surface area contributed by atoms with E-state index in [0.717, 1.165) is 33.5 Å². The first-order valence-electron chi connectivity index (χ1n) is 10.4. The summed E-state index contributed by atoms with van der Waals surface area (Å²) >= 11 is 0. The van der Waals surface area contributed by atoms with Crippen LogP contribution in [0.1, 0.15) is 11.1 Å². The predicted molar refractivity (Wildman–Crippen MR) is 126 cm³/mol. The van der Waals surface area contributed by atoms with Gasteiger partial charge in [0.05, 0.1) is 34.9 Å². The van der Waals surface area contributed by atoms with Gasteiger partial charge in [-0.25, -0.2) is 4.98 Å². The smallest absolute Gasteiger partial charge is 0.131 e. The normalized spacial score (nSPS) is 20.5. The van der Waals surface area contributed by atoms with Gasteiger partial charge in [0, 0.05) is 36.8 Å². The molecule has 0 bridgehead atoms. The van der Waals surface area contributed by atoms with Gasteiger partial charge in [-0.05, 0) is 30.7 Å². The molecule has 164 valence electrons. The number of nitrogens with two attached hydrogens (primary N) is 1. The van der Waals surface area contributed by atoms with Gasteiger partial charge in [0.25, 0.3) is 0 Å². The lowest BCUT2D eigenvalue weighted by Gasteiger charge is -2.38. The molecule has 0 amide bonds. The monoisotopic (exact) mass is 440 g/mol. The Balaban J connectivity index is 1.53. The minimum atomic E-state index is -2.82. The van der Waals surface area contributed by atoms with Crippen LogP contribution in [-0.4, -0.2) is 51.7 Å². The summed E-state index contributed by atoms with van der Waals surface area (Å²) in [7, 11) is -2.82. The van der Waals surface area contributed by atoms with E-state index in [1.807, 2.05) is 36.4 Å². The molecule has 0 atom stereocenters. The van der Waals surface area contributed by atoms with Crippen LogP contribution in [0.25, 0.3) is 10.9 Å². The van der Waals surface area contributed by atoms with Gasteiger partial charge in [-0.2, -0.15) is 10.6 Å². The maximum Gasteiger partial charge on any atom is 0.131 e. The molecule has 0 unspecified atom stereocenters. The number of fused-ring (bicyclic) bond motifs is 2. The van der Waals surface area contributed by atoms with Crippen LogP contribution in [0, 0.1) is 6.92 Å². The molecule has 31 heavy (non-hydrogen) atoms. The highest BCUT2D eigenvalue weighted by atomic mass is 32.3. The molecule has 3 aromatic rings. The number of hydrogen-bond donors (Lipinski definition) is 4. The summed E-state index contributed by atoms with van der Waals surface area (Å²) in [6.45, 7) is 4.87. The fraction of sp³-hybridized carbons (Fsp3) is 0.348. The molecule has 5 rings (SSSR count). The molecule has 1 fully saturated rings. The molecule has 0 radical (unpaired) electrons. The fourth-order valence-corrected chi connectivity index (χ4v) is 5.70. The molecule has 8 heteroatoms. The second-order valence-corrected chi connectivity index (χ2v) is 10.8. The van der Waals surface area contributed by atoms with Crippen LogP contribution < -0.4 is 16.0 Å².